The molecule has 0 atom stereocenters. The zero-order valence-electron chi connectivity index (χ0n) is 17.1. The highest BCUT2D eigenvalue weighted by atomic mass is 32.2. The first-order valence-electron chi connectivity index (χ1n) is 10.1. The summed E-state index contributed by atoms with van der Waals surface area (Å²) in [5, 5.41) is 11.1. The summed E-state index contributed by atoms with van der Waals surface area (Å²) in [4.78, 5) is 18.4. The third-order valence-corrected chi connectivity index (χ3v) is 6.97. The van der Waals surface area contributed by atoms with Gasteiger partial charge in [0.25, 0.3) is 0 Å². The number of aromatic nitrogens is 3. The highest BCUT2D eigenvalue weighted by Gasteiger charge is 2.23. The summed E-state index contributed by atoms with van der Waals surface area (Å²) in [7, 11) is 0. The van der Waals surface area contributed by atoms with Crippen LogP contribution in [-0.2, 0) is 17.9 Å². The molecule has 0 bridgehead atoms. The van der Waals surface area contributed by atoms with Crippen molar-refractivity contribution in [3.63, 3.8) is 0 Å². The van der Waals surface area contributed by atoms with Crippen LogP contribution >= 0.6 is 23.1 Å². The number of carbonyl (C=O) groups is 1. The van der Waals surface area contributed by atoms with E-state index in [1.54, 1.807) is 40.2 Å². The van der Waals surface area contributed by atoms with Gasteiger partial charge in [0.05, 0.1) is 11.3 Å². The van der Waals surface area contributed by atoms with E-state index >= 15 is 0 Å². The van der Waals surface area contributed by atoms with E-state index in [-0.39, 0.29) is 17.5 Å². The molecule has 6 nitrogen and oxygen atoms in total. The number of piperazine rings is 1. The summed E-state index contributed by atoms with van der Waals surface area (Å²) in [6.45, 7) is 8.36. The number of thioether (sulfide) groups is 1. The van der Waals surface area contributed by atoms with Gasteiger partial charge >= 0.3 is 0 Å². The third-order valence-electron chi connectivity index (χ3n) is 5.15. The number of allylic oxidation sites excluding steroid dienone is 1. The maximum Gasteiger partial charge on any atom is 0.233 e. The minimum Gasteiger partial charge on any atom is -0.339 e. The predicted molar refractivity (Wildman–Crippen MR) is 123 cm³/mol. The molecule has 0 radical (unpaired) electrons. The van der Waals surface area contributed by atoms with Crippen LogP contribution in [0.15, 0.2) is 59.6 Å². The maximum absolute atomic E-state index is 14.2. The van der Waals surface area contributed by atoms with Crippen molar-refractivity contribution >= 4 is 29.0 Å². The lowest BCUT2D eigenvalue weighted by Crippen LogP contribution is -2.48. The van der Waals surface area contributed by atoms with Gasteiger partial charge in [-0.2, -0.15) is 0 Å². The van der Waals surface area contributed by atoms with Gasteiger partial charge in [-0.15, -0.1) is 28.1 Å². The third kappa shape index (κ3) is 5.23. The van der Waals surface area contributed by atoms with E-state index in [1.165, 1.54) is 22.7 Å². The van der Waals surface area contributed by atoms with Crippen molar-refractivity contribution in [3.8, 4) is 11.4 Å². The monoisotopic (exact) mass is 457 g/mol. The van der Waals surface area contributed by atoms with Gasteiger partial charge in [0.2, 0.25) is 5.91 Å². The van der Waals surface area contributed by atoms with E-state index < -0.39 is 0 Å². The highest BCUT2D eigenvalue weighted by molar-refractivity contribution is 7.99. The molecular formula is C22H24FN5OS2. The lowest BCUT2D eigenvalue weighted by molar-refractivity contribution is -0.130. The summed E-state index contributed by atoms with van der Waals surface area (Å²) >= 11 is 3.10. The number of thiophene rings is 1. The standard InChI is InChI=1S/C22H24FN5OS2/c1-2-9-28-21(18-7-3-4-8-19(18)23)24-25-22(28)31-16-20(29)27-12-10-26(11-13-27)15-17-6-5-14-30-17/h2-8,14H,1,9-13,15-16H2. The van der Waals surface area contributed by atoms with E-state index in [0.29, 0.717) is 23.1 Å². The zero-order valence-corrected chi connectivity index (χ0v) is 18.7. The van der Waals surface area contributed by atoms with Crippen molar-refractivity contribution < 1.29 is 9.18 Å². The van der Waals surface area contributed by atoms with Crippen LogP contribution in [0.1, 0.15) is 4.88 Å². The fourth-order valence-corrected chi connectivity index (χ4v) is 5.12. The summed E-state index contributed by atoms with van der Waals surface area (Å²) < 4.78 is 16.0. The minimum absolute atomic E-state index is 0.0846. The van der Waals surface area contributed by atoms with E-state index in [0.717, 1.165) is 32.7 Å². The Hall–Kier alpha value is -2.49. The van der Waals surface area contributed by atoms with Crippen LogP contribution in [0.25, 0.3) is 11.4 Å². The molecule has 1 amide bonds. The van der Waals surface area contributed by atoms with Crippen molar-refractivity contribution in [1.29, 1.82) is 0 Å². The molecule has 0 N–H and O–H groups in total. The summed E-state index contributed by atoms with van der Waals surface area (Å²) in [6.07, 6.45) is 1.71. The first-order chi connectivity index (χ1) is 15.2. The van der Waals surface area contributed by atoms with Crippen molar-refractivity contribution in [2.45, 2.75) is 18.2 Å². The second-order valence-electron chi connectivity index (χ2n) is 7.21. The molecule has 2 aromatic heterocycles. The first kappa shape index (κ1) is 21.7. The predicted octanol–water partition coefficient (Wildman–Crippen LogP) is 3.77. The summed E-state index contributed by atoms with van der Waals surface area (Å²) in [5.74, 6) is 0.446. The molecule has 3 aromatic rings. The van der Waals surface area contributed by atoms with Crippen LogP contribution in [0.4, 0.5) is 4.39 Å². The smallest absolute Gasteiger partial charge is 0.233 e. The molecule has 0 spiro atoms. The topological polar surface area (TPSA) is 54.3 Å². The number of rotatable bonds is 8. The molecule has 31 heavy (non-hydrogen) atoms. The Morgan fingerprint density at radius 1 is 1.16 bits per heavy atom. The molecule has 1 aromatic carbocycles. The molecule has 1 fully saturated rings. The summed E-state index contributed by atoms with van der Waals surface area (Å²) in [6, 6.07) is 10.7. The van der Waals surface area contributed by atoms with Gasteiger partial charge in [-0.3, -0.25) is 14.3 Å². The average Bonchev–Trinajstić information content (AvgIpc) is 3.43. The SMILES string of the molecule is C=CCn1c(SCC(=O)N2CCN(Cc3cccs3)CC2)nnc1-c1ccccc1F. The van der Waals surface area contributed by atoms with Crippen molar-refractivity contribution in [1.82, 2.24) is 24.6 Å². The normalized spacial score (nSPS) is 14.7. The average molecular weight is 458 g/mol. The molecule has 1 saturated heterocycles. The van der Waals surface area contributed by atoms with Crippen molar-refractivity contribution in [2.75, 3.05) is 31.9 Å². The van der Waals surface area contributed by atoms with Crippen LogP contribution in [-0.4, -0.2) is 62.4 Å². The Morgan fingerprint density at radius 3 is 2.68 bits per heavy atom. The number of carbonyl (C=O) groups excluding carboxylic acids is 1. The maximum atomic E-state index is 14.2. The fraction of sp³-hybridized carbons (Fsp3) is 0.318. The Bertz CT molecular complexity index is 1030. The zero-order chi connectivity index (χ0) is 21.6. The lowest BCUT2D eigenvalue weighted by atomic mass is 10.2. The van der Waals surface area contributed by atoms with Gasteiger partial charge in [-0.05, 0) is 23.6 Å². The Morgan fingerprint density at radius 2 is 1.97 bits per heavy atom. The van der Waals surface area contributed by atoms with Crippen molar-refractivity contribution in [2.24, 2.45) is 0 Å². The number of halogens is 1. The second-order valence-corrected chi connectivity index (χ2v) is 9.19. The summed E-state index contributed by atoms with van der Waals surface area (Å²) in [5.41, 5.74) is 0.386. The van der Waals surface area contributed by atoms with Crippen molar-refractivity contribution in [3.05, 3.63) is 65.1 Å². The molecule has 0 aliphatic carbocycles. The van der Waals surface area contributed by atoms with E-state index in [4.69, 9.17) is 0 Å². The van der Waals surface area contributed by atoms with Crippen LogP contribution in [0, 0.1) is 5.82 Å². The molecule has 3 heterocycles. The van der Waals surface area contributed by atoms with Gasteiger partial charge in [0, 0.05) is 44.1 Å². The fourth-order valence-electron chi connectivity index (χ4n) is 3.53. The van der Waals surface area contributed by atoms with Gasteiger partial charge < -0.3 is 4.90 Å². The Kier molecular flexibility index (Phi) is 7.16. The molecule has 4 rings (SSSR count). The first-order valence-corrected chi connectivity index (χ1v) is 12.0. The number of hydrogen-bond donors (Lipinski definition) is 0. The van der Waals surface area contributed by atoms with Gasteiger partial charge in [0.1, 0.15) is 5.82 Å². The van der Waals surface area contributed by atoms with Gasteiger partial charge in [-0.25, -0.2) is 4.39 Å². The van der Waals surface area contributed by atoms with E-state index in [2.05, 4.69) is 39.2 Å². The number of hydrogen-bond acceptors (Lipinski definition) is 6. The van der Waals surface area contributed by atoms with E-state index in [9.17, 15) is 9.18 Å². The molecule has 1 aliphatic heterocycles. The van der Waals surface area contributed by atoms with Crippen LogP contribution in [0.3, 0.4) is 0 Å². The van der Waals surface area contributed by atoms with Crippen LogP contribution < -0.4 is 0 Å². The molecule has 9 heteroatoms. The molecule has 162 valence electrons. The lowest BCUT2D eigenvalue weighted by Gasteiger charge is -2.34. The Labute approximate surface area is 189 Å². The molecular weight excluding hydrogens is 433 g/mol. The molecule has 0 saturated carbocycles. The minimum atomic E-state index is -0.353. The quantitative estimate of drug-likeness (QED) is 0.381. The molecule has 1 aliphatic rings. The van der Waals surface area contributed by atoms with Gasteiger partial charge in [-0.1, -0.05) is 36.0 Å². The number of benzene rings is 1. The Balaban J connectivity index is 1.35. The number of amides is 1. The van der Waals surface area contributed by atoms with Crippen LogP contribution in [0.2, 0.25) is 0 Å². The highest BCUT2D eigenvalue weighted by Crippen LogP contribution is 2.26. The number of nitrogens with zero attached hydrogens (tertiary/aromatic N) is 5. The van der Waals surface area contributed by atoms with Gasteiger partial charge in [0.15, 0.2) is 11.0 Å². The second kappa shape index (κ2) is 10.2. The van der Waals surface area contributed by atoms with E-state index in [1.807, 2.05) is 4.90 Å². The van der Waals surface area contributed by atoms with Crippen LogP contribution in [0.5, 0.6) is 0 Å². The largest absolute Gasteiger partial charge is 0.339 e. The molecule has 0 unspecified atom stereocenters.